The van der Waals surface area contributed by atoms with Gasteiger partial charge in [0.05, 0.1) is 7.11 Å². The summed E-state index contributed by atoms with van der Waals surface area (Å²) in [4.78, 5) is 8.82. The maximum atomic E-state index is 12.4. The molecule has 0 aromatic carbocycles. The summed E-state index contributed by atoms with van der Waals surface area (Å²) in [5.74, 6) is 0.236. The Morgan fingerprint density at radius 2 is 2.06 bits per heavy atom. The van der Waals surface area contributed by atoms with E-state index in [1.807, 2.05) is 0 Å². The molecule has 0 aliphatic heterocycles. The number of nitrogens with zero attached hydrogens (tertiary/aromatic N) is 3. The summed E-state index contributed by atoms with van der Waals surface area (Å²) < 4.78 is 42.2. The van der Waals surface area contributed by atoms with E-state index in [1.165, 1.54) is 13.2 Å². The Labute approximate surface area is 108 Å². The lowest BCUT2D eigenvalue weighted by molar-refractivity contribution is -0.119. The number of aryl methyl sites for hydroxylation is 1. The SMILES string of the molecule is COc1cc(C)nc(N(CCCl)CC(F)(F)F)n1. The molecule has 0 saturated carbocycles. The Kier molecular flexibility index (Phi) is 5.01. The standard InChI is InChI=1S/C10H13ClF3N3O/c1-7-5-8(18-2)16-9(15-7)17(4-3-11)6-10(12,13)14/h5H,3-4,6H2,1-2H3. The van der Waals surface area contributed by atoms with Gasteiger partial charge in [0.25, 0.3) is 0 Å². The van der Waals surface area contributed by atoms with Crippen molar-refractivity contribution in [3.8, 4) is 5.88 Å². The fraction of sp³-hybridized carbons (Fsp3) is 0.600. The van der Waals surface area contributed by atoms with Gasteiger partial charge < -0.3 is 9.64 Å². The number of halogens is 4. The largest absolute Gasteiger partial charge is 0.481 e. The van der Waals surface area contributed by atoms with Gasteiger partial charge in [-0.25, -0.2) is 4.98 Å². The summed E-state index contributed by atoms with van der Waals surface area (Å²) in [5, 5.41) is 0. The van der Waals surface area contributed by atoms with Crippen LogP contribution in [0.3, 0.4) is 0 Å². The lowest BCUT2D eigenvalue weighted by Gasteiger charge is -2.23. The van der Waals surface area contributed by atoms with Gasteiger partial charge in [0.15, 0.2) is 0 Å². The van der Waals surface area contributed by atoms with Crippen molar-refractivity contribution in [3.63, 3.8) is 0 Å². The predicted octanol–water partition coefficient (Wildman–Crippen LogP) is 2.40. The molecule has 0 aliphatic carbocycles. The monoisotopic (exact) mass is 283 g/mol. The summed E-state index contributed by atoms with van der Waals surface area (Å²) in [6.07, 6.45) is -4.34. The Morgan fingerprint density at radius 3 is 2.56 bits per heavy atom. The van der Waals surface area contributed by atoms with E-state index in [4.69, 9.17) is 16.3 Å². The topological polar surface area (TPSA) is 38.2 Å². The number of ether oxygens (including phenoxy) is 1. The molecule has 1 aromatic rings. The molecular weight excluding hydrogens is 271 g/mol. The zero-order valence-corrected chi connectivity index (χ0v) is 10.7. The van der Waals surface area contributed by atoms with Crippen LogP contribution in [0.4, 0.5) is 19.1 Å². The Bertz CT molecular complexity index is 400. The smallest absolute Gasteiger partial charge is 0.406 e. The van der Waals surface area contributed by atoms with Crippen LogP contribution in [0.25, 0.3) is 0 Å². The Hall–Kier alpha value is -1.24. The molecule has 4 nitrogen and oxygen atoms in total. The van der Waals surface area contributed by atoms with E-state index in [0.29, 0.717) is 5.69 Å². The number of aromatic nitrogens is 2. The van der Waals surface area contributed by atoms with E-state index in [1.54, 1.807) is 6.92 Å². The van der Waals surface area contributed by atoms with Gasteiger partial charge in [-0.1, -0.05) is 0 Å². The molecule has 102 valence electrons. The number of alkyl halides is 4. The molecule has 8 heteroatoms. The van der Waals surface area contributed by atoms with Crippen LogP contribution < -0.4 is 9.64 Å². The van der Waals surface area contributed by atoms with Gasteiger partial charge in [0.2, 0.25) is 11.8 Å². The Morgan fingerprint density at radius 1 is 1.39 bits per heavy atom. The van der Waals surface area contributed by atoms with Crippen LogP contribution in [0.15, 0.2) is 6.07 Å². The molecule has 0 radical (unpaired) electrons. The van der Waals surface area contributed by atoms with Crippen LogP contribution in [0.1, 0.15) is 5.69 Å². The van der Waals surface area contributed by atoms with Gasteiger partial charge in [-0.15, -0.1) is 11.6 Å². The molecule has 0 atom stereocenters. The third kappa shape index (κ3) is 4.56. The van der Waals surface area contributed by atoms with Crippen molar-refractivity contribution in [3.05, 3.63) is 11.8 Å². The minimum Gasteiger partial charge on any atom is -0.481 e. The first-order valence-corrected chi connectivity index (χ1v) is 5.66. The average Bonchev–Trinajstić information content (AvgIpc) is 2.26. The summed E-state index contributed by atoms with van der Waals surface area (Å²) >= 11 is 5.49. The van der Waals surface area contributed by atoms with Crippen molar-refractivity contribution >= 4 is 17.5 Å². The quantitative estimate of drug-likeness (QED) is 0.778. The summed E-state index contributed by atoms with van der Waals surface area (Å²) in [6, 6.07) is 1.54. The molecule has 1 rings (SSSR count). The molecule has 0 spiro atoms. The van der Waals surface area contributed by atoms with Crippen molar-refractivity contribution in [2.45, 2.75) is 13.1 Å². The fourth-order valence-corrected chi connectivity index (χ4v) is 1.54. The molecule has 0 amide bonds. The van der Waals surface area contributed by atoms with Gasteiger partial charge in [0.1, 0.15) is 6.54 Å². The number of anilines is 1. The summed E-state index contributed by atoms with van der Waals surface area (Å²) in [5.41, 5.74) is 0.526. The van der Waals surface area contributed by atoms with E-state index in [-0.39, 0.29) is 24.3 Å². The summed E-state index contributed by atoms with van der Waals surface area (Å²) in [7, 11) is 1.39. The van der Waals surface area contributed by atoms with Gasteiger partial charge in [0, 0.05) is 24.2 Å². The van der Waals surface area contributed by atoms with Crippen molar-refractivity contribution in [2.75, 3.05) is 31.0 Å². The zero-order valence-electron chi connectivity index (χ0n) is 9.96. The maximum absolute atomic E-state index is 12.4. The van der Waals surface area contributed by atoms with Crippen molar-refractivity contribution in [1.82, 2.24) is 9.97 Å². The maximum Gasteiger partial charge on any atom is 0.406 e. The highest BCUT2D eigenvalue weighted by atomic mass is 35.5. The first-order valence-electron chi connectivity index (χ1n) is 5.13. The van der Waals surface area contributed by atoms with Crippen molar-refractivity contribution in [2.24, 2.45) is 0 Å². The highest BCUT2D eigenvalue weighted by molar-refractivity contribution is 6.18. The number of hydrogen-bond acceptors (Lipinski definition) is 4. The second kappa shape index (κ2) is 6.08. The van der Waals surface area contributed by atoms with Gasteiger partial charge in [-0.3, -0.25) is 0 Å². The normalized spacial score (nSPS) is 11.4. The van der Waals surface area contributed by atoms with Gasteiger partial charge in [-0.2, -0.15) is 18.2 Å². The number of hydrogen-bond donors (Lipinski definition) is 0. The molecule has 0 unspecified atom stereocenters. The van der Waals surface area contributed by atoms with Crippen LogP contribution in [-0.4, -0.2) is 42.2 Å². The highest BCUT2D eigenvalue weighted by Gasteiger charge is 2.31. The highest BCUT2D eigenvalue weighted by Crippen LogP contribution is 2.21. The number of rotatable bonds is 5. The molecule has 1 heterocycles. The molecule has 0 bridgehead atoms. The first-order chi connectivity index (χ1) is 8.35. The van der Waals surface area contributed by atoms with Crippen LogP contribution in [0.2, 0.25) is 0 Å². The minimum atomic E-state index is -4.34. The zero-order chi connectivity index (χ0) is 13.8. The first kappa shape index (κ1) is 14.8. The second-order valence-electron chi connectivity index (χ2n) is 3.58. The van der Waals surface area contributed by atoms with Crippen LogP contribution >= 0.6 is 11.6 Å². The van der Waals surface area contributed by atoms with E-state index in [2.05, 4.69) is 9.97 Å². The molecule has 0 saturated heterocycles. The third-order valence-electron chi connectivity index (χ3n) is 2.04. The molecule has 1 aromatic heterocycles. The lowest BCUT2D eigenvalue weighted by Crippen LogP contribution is -2.37. The third-order valence-corrected chi connectivity index (χ3v) is 2.20. The van der Waals surface area contributed by atoms with Gasteiger partial charge in [-0.05, 0) is 6.92 Å². The van der Waals surface area contributed by atoms with Gasteiger partial charge >= 0.3 is 6.18 Å². The van der Waals surface area contributed by atoms with E-state index in [0.717, 1.165) is 4.90 Å². The molecule has 0 fully saturated rings. The van der Waals surface area contributed by atoms with Crippen molar-refractivity contribution in [1.29, 1.82) is 0 Å². The van der Waals surface area contributed by atoms with Crippen LogP contribution in [0.5, 0.6) is 5.88 Å². The molecular formula is C10H13ClF3N3O. The fourth-order valence-electron chi connectivity index (χ4n) is 1.34. The lowest BCUT2D eigenvalue weighted by atomic mass is 10.4. The minimum absolute atomic E-state index is 0.00761. The molecule has 0 aliphatic rings. The predicted molar refractivity (Wildman–Crippen MR) is 62.3 cm³/mol. The second-order valence-corrected chi connectivity index (χ2v) is 3.96. The van der Waals surface area contributed by atoms with E-state index >= 15 is 0 Å². The van der Waals surface area contributed by atoms with Crippen molar-refractivity contribution < 1.29 is 17.9 Å². The molecule has 0 N–H and O–H groups in total. The number of methoxy groups -OCH3 is 1. The van der Waals surface area contributed by atoms with Crippen LogP contribution in [-0.2, 0) is 0 Å². The Balaban J connectivity index is 3.01. The average molecular weight is 284 g/mol. The van der Waals surface area contributed by atoms with E-state index in [9.17, 15) is 13.2 Å². The summed E-state index contributed by atoms with van der Waals surface area (Å²) in [6.45, 7) is 0.514. The van der Waals surface area contributed by atoms with E-state index < -0.39 is 12.7 Å². The molecule has 18 heavy (non-hydrogen) atoms. The van der Waals surface area contributed by atoms with Crippen LogP contribution in [0, 0.1) is 6.92 Å².